The second-order valence-electron chi connectivity index (χ2n) is 6.78. The maximum Gasteiger partial charge on any atom is 0.240 e. The maximum absolute atomic E-state index is 12.5. The number of rotatable bonds is 6. The van der Waals surface area contributed by atoms with Crippen molar-refractivity contribution < 1.29 is 17.9 Å². The average Bonchev–Trinajstić information content (AvgIpc) is 2.59. The van der Waals surface area contributed by atoms with E-state index < -0.39 is 10.0 Å². The average molecular weight is 363 g/mol. The predicted octanol–water partition coefficient (Wildman–Crippen LogP) is 3.48. The number of hydrogen-bond donors (Lipinski definition) is 1. The molecule has 0 aliphatic carbocycles. The van der Waals surface area contributed by atoms with Gasteiger partial charge in [0.05, 0.1) is 19.1 Å². The van der Waals surface area contributed by atoms with E-state index in [4.69, 9.17) is 9.47 Å². The largest absolute Gasteiger partial charge is 0.497 e. The normalized spacial score (nSPS) is 12.0. The number of benzene rings is 2. The number of ether oxygens (including phenoxy) is 2. The molecule has 0 spiro atoms. The first-order valence-corrected chi connectivity index (χ1v) is 9.47. The quantitative estimate of drug-likeness (QED) is 0.853. The summed E-state index contributed by atoms with van der Waals surface area (Å²) in [6.45, 7) is 6.38. The van der Waals surface area contributed by atoms with E-state index in [1.807, 2.05) is 12.1 Å². The third-order valence-corrected chi connectivity index (χ3v) is 5.39. The van der Waals surface area contributed by atoms with E-state index in [0.29, 0.717) is 17.1 Å². The third kappa shape index (κ3) is 4.74. The van der Waals surface area contributed by atoms with Gasteiger partial charge in [0.1, 0.15) is 11.5 Å². The maximum atomic E-state index is 12.5. The van der Waals surface area contributed by atoms with Crippen LogP contribution in [-0.2, 0) is 22.0 Å². The highest BCUT2D eigenvalue weighted by atomic mass is 32.2. The molecule has 0 unspecified atom stereocenters. The molecular weight excluding hydrogens is 338 g/mol. The highest BCUT2D eigenvalue weighted by Gasteiger charge is 2.18. The van der Waals surface area contributed by atoms with Crippen molar-refractivity contribution in [3.63, 3.8) is 0 Å². The number of methoxy groups -OCH3 is 2. The molecule has 6 heteroatoms. The molecule has 0 bridgehead atoms. The van der Waals surface area contributed by atoms with Crippen molar-refractivity contribution in [1.82, 2.24) is 4.72 Å². The molecule has 5 nitrogen and oxygen atoms in total. The lowest BCUT2D eigenvalue weighted by Gasteiger charge is -2.19. The van der Waals surface area contributed by atoms with Crippen molar-refractivity contribution in [2.24, 2.45) is 0 Å². The lowest BCUT2D eigenvalue weighted by molar-refractivity contribution is 0.398. The van der Waals surface area contributed by atoms with Gasteiger partial charge < -0.3 is 9.47 Å². The van der Waals surface area contributed by atoms with E-state index in [1.165, 1.54) is 0 Å². The van der Waals surface area contributed by atoms with Crippen LogP contribution in [-0.4, -0.2) is 22.6 Å². The Morgan fingerprint density at radius 3 is 2.12 bits per heavy atom. The lowest BCUT2D eigenvalue weighted by Crippen LogP contribution is -2.23. The molecule has 0 saturated carbocycles. The summed E-state index contributed by atoms with van der Waals surface area (Å²) in [6.07, 6.45) is 0. The van der Waals surface area contributed by atoms with Gasteiger partial charge in [-0.15, -0.1) is 0 Å². The van der Waals surface area contributed by atoms with Gasteiger partial charge in [-0.3, -0.25) is 0 Å². The molecule has 0 aliphatic heterocycles. The Morgan fingerprint density at radius 2 is 1.60 bits per heavy atom. The summed E-state index contributed by atoms with van der Waals surface area (Å²) < 4.78 is 38.1. The molecule has 0 radical (unpaired) electrons. The summed E-state index contributed by atoms with van der Waals surface area (Å²) in [5.74, 6) is 1.25. The molecule has 0 amide bonds. The van der Waals surface area contributed by atoms with Crippen LogP contribution in [0.2, 0.25) is 0 Å². The SMILES string of the molecule is COc1ccc(OC)c(CNS(=O)(=O)c2ccc(C(C)(C)C)cc2)c1. The second kappa shape index (κ2) is 7.45. The van der Waals surface area contributed by atoms with Gasteiger partial charge in [-0.05, 0) is 41.3 Å². The van der Waals surface area contributed by atoms with Gasteiger partial charge in [0.2, 0.25) is 10.0 Å². The molecule has 2 aromatic rings. The molecule has 0 fully saturated rings. The van der Waals surface area contributed by atoms with Gasteiger partial charge in [-0.2, -0.15) is 0 Å². The summed E-state index contributed by atoms with van der Waals surface area (Å²) in [5, 5.41) is 0. The minimum atomic E-state index is -3.61. The smallest absolute Gasteiger partial charge is 0.240 e. The van der Waals surface area contributed by atoms with Crippen molar-refractivity contribution >= 4 is 10.0 Å². The molecule has 2 aromatic carbocycles. The van der Waals surface area contributed by atoms with Gasteiger partial charge in [0, 0.05) is 12.1 Å². The van der Waals surface area contributed by atoms with Crippen LogP contribution in [0.3, 0.4) is 0 Å². The van der Waals surface area contributed by atoms with Gasteiger partial charge in [-0.25, -0.2) is 13.1 Å². The van der Waals surface area contributed by atoms with Gasteiger partial charge in [-0.1, -0.05) is 32.9 Å². The third-order valence-electron chi connectivity index (χ3n) is 3.97. The minimum Gasteiger partial charge on any atom is -0.497 e. The molecule has 2 rings (SSSR count). The number of nitrogens with one attached hydrogen (secondary N) is 1. The molecule has 0 aromatic heterocycles. The van der Waals surface area contributed by atoms with E-state index in [9.17, 15) is 8.42 Å². The Kier molecular flexibility index (Phi) is 5.75. The van der Waals surface area contributed by atoms with E-state index >= 15 is 0 Å². The van der Waals surface area contributed by atoms with Crippen LogP contribution in [0.15, 0.2) is 47.4 Å². The molecular formula is C19H25NO4S. The summed E-state index contributed by atoms with van der Waals surface area (Å²) >= 11 is 0. The summed E-state index contributed by atoms with van der Waals surface area (Å²) in [7, 11) is -0.503. The predicted molar refractivity (Wildman–Crippen MR) is 98.7 cm³/mol. The van der Waals surface area contributed by atoms with Crippen molar-refractivity contribution in [1.29, 1.82) is 0 Å². The van der Waals surface area contributed by atoms with Crippen LogP contribution in [0.25, 0.3) is 0 Å². The zero-order chi connectivity index (χ0) is 18.7. The topological polar surface area (TPSA) is 64.6 Å². The minimum absolute atomic E-state index is 0.0241. The van der Waals surface area contributed by atoms with E-state index in [0.717, 1.165) is 5.56 Å². The Hall–Kier alpha value is -2.05. The van der Waals surface area contributed by atoms with E-state index in [2.05, 4.69) is 25.5 Å². The highest BCUT2D eigenvalue weighted by molar-refractivity contribution is 7.89. The fourth-order valence-electron chi connectivity index (χ4n) is 2.41. The molecule has 136 valence electrons. The summed E-state index contributed by atoms with van der Waals surface area (Å²) in [4.78, 5) is 0.238. The molecule has 0 aliphatic rings. The van der Waals surface area contributed by atoms with Gasteiger partial charge in [0.15, 0.2) is 0 Å². The molecule has 0 saturated heterocycles. The molecule has 25 heavy (non-hydrogen) atoms. The monoisotopic (exact) mass is 363 g/mol. The van der Waals surface area contributed by atoms with Crippen LogP contribution >= 0.6 is 0 Å². The van der Waals surface area contributed by atoms with Crippen LogP contribution in [0.5, 0.6) is 11.5 Å². The Morgan fingerprint density at radius 1 is 0.960 bits per heavy atom. The number of sulfonamides is 1. The van der Waals surface area contributed by atoms with E-state index in [1.54, 1.807) is 44.6 Å². The van der Waals surface area contributed by atoms with Crippen LogP contribution in [0.4, 0.5) is 0 Å². The Bertz CT molecular complexity index is 821. The Balaban J connectivity index is 2.19. The number of hydrogen-bond acceptors (Lipinski definition) is 4. The first kappa shape index (κ1) is 19.3. The summed E-state index contributed by atoms with van der Waals surface area (Å²) in [5.41, 5.74) is 1.77. The fraction of sp³-hybridized carbons (Fsp3) is 0.368. The van der Waals surface area contributed by atoms with Gasteiger partial charge >= 0.3 is 0 Å². The molecule has 0 heterocycles. The van der Waals surface area contributed by atoms with Crippen molar-refractivity contribution in [3.8, 4) is 11.5 Å². The van der Waals surface area contributed by atoms with Crippen LogP contribution in [0.1, 0.15) is 31.9 Å². The standard InChI is InChI=1S/C19H25NO4S/c1-19(2,3)15-6-9-17(10-7-15)25(21,22)20-13-14-12-16(23-4)8-11-18(14)24-5/h6-12,20H,13H2,1-5H3. The van der Waals surface area contributed by atoms with Crippen molar-refractivity contribution in [2.45, 2.75) is 37.6 Å². The van der Waals surface area contributed by atoms with E-state index in [-0.39, 0.29) is 16.9 Å². The van der Waals surface area contributed by atoms with Crippen LogP contribution in [0, 0.1) is 0 Å². The first-order valence-electron chi connectivity index (χ1n) is 7.98. The molecule has 0 atom stereocenters. The van der Waals surface area contributed by atoms with Crippen LogP contribution < -0.4 is 14.2 Å². The zero-order valence-corrected chi connectivity index (χ0v) is 16.1. The summed E-state index contributed by atoms with van der Waals surface area (Å²) in [6, 6.07) is 12.2. The van der Waals surface area contributed by atoms with Crippen molar-refractivity contribution in [2.75, 3.05) is 14.2 Å². The molecule has 1 N–H and O–H groups in total. The highest BCUT2D eigenvalue weighted by Crippen LogP contribution is 2.25. The van der Waals surface area contributed by atoms with Crippen molar-refractivity contribution in [3.05, 3.63) is 53.6 Å². The first-order chi connectivity index (χ1) is 11.7. The fourth-order valence-corrected chi connectivity index (χ4v) is 3.42. The lowest BCUT2D eigenvalue weighted by atomic mass is 9.87. The van der Waals surface area contributed by atoms with Gasteiger partial charge in [0.25, 0.3) is 0 Å². The zero-order valence-electron chi connectivity index (χ0n) is 15.3. The Labute approximate surface area is 150 Å². The second-order valence-corrected chi connectivity index (χ2v) is 8.54.